The van der Waals surface area contributed by atoms with E-state index in [2.05, 4.69) is 94.5 Å². The smallest absolute Gasteiger partial charge is 0.165 e. The molecule has 4 heterocycles. The van der Waals surface area contributed by atoms with Gasteiger partial charge < -0.3 is 4.98 Å². The van der Waals surface area contributed by atoms with Crippen LogP contribution in [0.3, 0.4) is 0 Å². The molecular formula is C44H28N6. The first-order valence-electron chi connectivity index (χ1n) is 16.6. The standard InChI is InChI=1S/C44H28N6/c1-3-11-28(12-4-1)42-47-43(29-13-5-2-6-14-29)49-44(48-42)32-21-24-41(45-27-32)50-39-18-10-8-16-34(39)36-26-31(20-23-40(36)50)30-19-22-38-35(25-30)33-15-7-9-17-37(33)46-38/h1-27,46H. The number of hydrogen-bond donors (Lipinski definition) is 1. The minimum atomic E-state index is 0.579. The molecule has 0 aliphatic heterocycles. The highest BCUT2D eigenvalue weighted by Gasteiger charge is 2.16. The fourth-order valence-corrected chi connectivity index (χ4v) is 7.02. The number of pyridine rings is 1. The Balaban J connectivity index is 1.07. The van der Waals surface area contributed by atoms with E-state index in [1.807, 2.05) is 79.0 Å². The molecule has 0 saturated heterocycles. The maximum Gasteiger partial charge on any atom is 0.165 e. The number of nitrogens with one attached hydrogen (secondary N) is 1. The molecule has 0 radical (unpaired) electrons. The van der Waals surface area contributed by atoms with Gasteiger partial charge in [0.15, 0.2) is 17.5 Å². The Labute approximate surface area is 287 Å². The van der Waals surface area contributed by atoms with E-state index in [1.165, 1.54) is 32.7 Å². The molecule has 0 unspecified atom stereocenters. The lowest BCUT2D eigenvalue weighted by atomic mass is 10.0. The minimum Gasteiger partial charge on any atom is -0.355 e. The molecule has 0 saturated carbocycles. The van der Waals surface area contributed by atoms with E-state index in [4.69, 9.17) is 19.9 Å². The van der Waals surface area contributed by atoms with E-state index in [1.54, 1.807) is 0 Å². The quantitative estimate of drug-likeness (QED) is 0.203. The molecule has 10 rings (SSSR count). The van der Waals surface area contributed by atoms with E-state index in [0.717, 1.165) is 44.6 Å². The van der Waals surface area contributed by atoms with Crippen LogP contribution in [0, 0.1) is 0 Å². The lowest BCUT2D eigenvalue weighted by Crippen LogP contribution is -2.01. The zero-order chi connectivity index (χ0) is 33.0. The molecule has 1 N–H and O–H groups in total. The summed E-state index contributed by atoms with van der Waals surface area (Å²) in [6.07, 6.45) is 1.86. The number of aromatic amines is 1. The second kappa shape index (κ2) is 11.4. The van der Waals surface area contributed by atoms with Crippen LogP contribution in [0.4, 0.5) is 0 Å². The maximum absolute atomic E-state index is 5.00. The van der Waals surface area contributed by atoms with Crippen molar-refractivity contribution in [3.05, 3.63) is 164 Å². The van der Waals surface area contributed by atoms with Gasteiger partial charge in [-0.15, -0.1) is 0 Å². The average Bonchev–Trinajstić information content (AvgIpc) is 3.73. The van der Waals surface area contributed by atoms with Crippen LogP contribution in [0.1, 0.15) is 0 Å². The monoisotopic (exact) mass is 640 g/mol. The van der Waals surface area contributed by atoms with Crippen LogP contribution in [0.5, 0.6) is 0 Å². The molecule has 4 aromatic heterocycles. The summed E-state index contributed by atoms with van der Waals surface area (Å²) >= 11 is 0. The molecule has 10 aromatic rings. The third kappa shape index (κ3) is 4.65. The van der Waals surface area contributed by atoms with Gasteiger partial charge in [-0.1, -0.05) is 109 Å². The molecule has 0 aliphatic rings. The first-order valence-corrected chi connectivity index (χ1v) is 16.6. The summed E-state index contributed by atoms with van der Waals surface area (Å²) in [5.41, 5.74) is 9.55. The number of rotatable bonds is 5. The van der Waals surface area contributed by atoms with E-state index in [-0.39, 0.29) is 0 Å². The Morgan fingerprint density at radius 3 is 1.62 bits per heavy atom. The van der Waals surface area contributed by atoms with Crippen LogP contribution >= 0.6 is 0 Å². The predicted molar refractivity (Wildman–Crippen MR) is 203 cm³/mol. The molecule has 6 heteroatoms. The number of fused-ring (bicyclic) bond motifs is 6. The van der Waals surface area contributed by atoms with Crippen molar-refractivity contribution in [1.29, 1.82) is 0 Å². The Morgan fingerprint density at radius 1 is 0.380 bits per heavy atom. The lowest BCUT2D eigenvalue weighted by molar-refractivity contribution is 1.05. The molecule has 0 atom stereocenters. The molecule has 0 fully saturated rings. The van der Waals surface area contributed by atoms with Crippen molar-refractivity contribution in [3.8, 4) is 51.1 Å². The highest BCUT2D eigenvalue weighted by Crippen LogP contribution is 2.36. The van der Waals surface area contributed by atoms with Crippen molar-refractivity contribution in [2.45, 2.75) is 0 Å². The highest BCUT2D eigenvalue weighted by molar-refractivity contribution is 6.11. The van der Waals surface area contributed by atoms with Crippen LogP contribution in [-0.2, 0) is 0 Å². The van der Waals surface area contributed by atoms with Crippen molar-refractivity contribution >= 4 is 43.6 Å². The topological polar surface area (TPSA) is 72.3 Å². The zero-order valence-corrected chi connectivity index (χ0v) is 26.8. The summed E-state index contributed by atoms with van der Waals surface area (Å²) in [6, 6.07) is 54.5. The van der Waals surface area contributed by atoms with Gasteiger partial charge in [-0.2, -0.15) is 0 Å². The molecule has 0 amide bonds. The van der Waals surface area contributed by atoms with Gasteiger partial charge in [0.2, 0.25) is 0 Å². The van der Waals surface area contributed by atoms with E-state index >= 15 is 0 Å². The predicted octanol–water partition coefficient (Wildman–Crippen LogP) is 10.7. The molecule has 0 bridgehead atoms. The summed E-state index contributed by atoms with van der Waals surface area (Å²) in [6.45, 7) is 0. The van der Waals surface area contributed by atoms with Crippen LogP contribution in [-0.4, -0.2) is 29.5 Å². The van der Waals surface area contributed by atoms with Gasteiger partial charge in [-0.25, -0.2) is 19.9 Å². The number of nitrogens with zero attached hydrogens (tertiary/aromatic N) is 5. The number of benzene rings is 6. The zero-order valence-electron chi connectivity index (χ0n) is 26.8. The van der Waals surface area contributed by atoms with E-state index < -0.39 is 0 Å². The first-order chi connectivity index (χ1) is 24.8. The Bertz CT molecular complexity index is 2800. The second-order valence-corrected chi connectivity index (χ2v) is 12.5. The Morgan fingerprint density at radius 2 is 0.920 bits per heavy atom. The average molecular weight is 641 g/mol. The van der Waals surface area contributed by atoms with Gasteiger partial charge in [0.25, 0.3) is 0 Å². The van der Waals surface area contributed by atoms with Gasteiger partial charge >= 0.3 is 0 Å². The molecule has 0 aliphatic carbocycles. The first kappa shape index (κ1) is 28.1. The highest BCUT2D eigenvalue weighted by atomic mass is 15.1. The molecule has 50 heavy (non-hydrogen) atoms. The van der Waals surface area contributed by atoms with Crippen molar-refractivity contribution in [2.75, 3.05) is 0 Å². The summed E-state index contributed by atoms with van der Waals surface area (Å²) in [4.78, 5) is 23.2. The van der Waals surface area contributed by atoms with Crippen molar-refractivity contribution < 1.29 is 0 Å². The van der Waals surface area contributed by atoms with E-state index in [9.17, 15) is 0 Å². The van der Waals surface area contributed by atoms with Crippen molar-refractivity contribution in [2.24, 2.45) is 0 Å². The SMILES string of the molecule is c1ccc(-c2nc(-c3ccccc3)nc(-c3ccc(-n4c5ccccc5c5cc(-c6ccc7[nH]c8ccccc8c7c6)ccc54)nc3)n2)cc1. The normalized spacial score (nSPS) is 11.6. The Hall–Kier alpha value is -6.92. The van der Waals surface area contributed by atoms with Crippen molar-refractivity contribution in [1.82, 2.24) is 29.5 Å². The lowest BCUT2D eigenvalue weighted by Gasteiger charge is -2.10. The van der Waals surface area contributed by atoms with Gasteiger partial charge in [0, 0.05) is 55.5 Å². The third-order valence-corrected chi connectivity index (χ3v) is 9.45. The van der Waals surface area contributed by atoms with Crippen molar-refractivity contribution in [3.63, 3.8) is 0 Å². The Kier molecular flexibility index (Phi) is 6.39. The summed E-state index contributed by atoms with van der Waals surface area (Å²) in [7, 11) is 0. The molecule has 6 aromatic carbocycles. The molecule has 0 spiro atoms. The molecule has 6 nitrogen and oxygen atoms in total. The van der Waals surface area contributed by atoms with Crippen LogP contribution in [0.15, 0.2) is 164 Å². The number of aromatic nitrogens is 6. The summed E-state index contributed by atoms with van der Waals surface area (Å²) in [5, 5.41) is 4.83. The van der Waals surface area contributed by atoms with Gasteiger partial charge in [0.1, 0.15) is 5.82 Å². The van der Waals surface area contributed by atoms with Crippen LogP contribution in [0.2, 0.25) is 0 Å². The fourth-order valence-electron chi connectivity index (χ4n) is 7.02. The summed E-state index contributed by atoms with van der Waals surface area (Å²) < 4.78 is 2.24. The van der Waals surface area contributed by atoms with Gasteiger partial charge in [-0.3, -0.25) is 4.57 Å². The third-order valence-electron chi connectivity index (χ3n) is 9.45. The number of H-pyrrole nitrogens is 1. The number of para-hydroxylation sites is 2. The maximum atomic E-state index is 5.00. The second-order valence-electron chi connectivity index (χ2n) is 12.5. The largest absolute Gasteiger partial charge is 0.355 e. The van der Waals surface area contributed by atoms with Crippen LogP contribution < -0.4 is 0 Å². The number of hydrogen-bond acceptors (Lipinski definition) is 4. The molecule has 234 valence electrons. The van der Waals surface area contributed by atoms with E-state index in [0.29, 0.717) is 17.5 Å². The van der Waals surface area contributed by atoms with Gasteiger partial charge in [0.05, 0.1) is 11.0 Å². The van der Waals surface area contributed by atoms with Gasteiger partial charge in [-0.05, 0) is 59.7 Å². The minimum absolute atomic E-state index is 0.579. The molecular weight excluding hydrogens is 613 g/mol. The summed E-state index contributed by atoms with van der Waals surface area (Å²) in [5.74, 6) is 2.66. The fraction of sp³-hybridized carbons (Fsp3) is 0. The van der Waals surface area contributed by atoms with Crippen LogP contribution in [0.25, 0.3) is 94.7 Å².